The Morgan fingerprint density at radius 2 is 0.479 bits per heavy atom. The lowest BCUT2D eigenvalue weighted by Gasteiger charge is -2.43. The topological polar surface area (TPSA) is 110 Å². The van der Waals surface area contributed by atoms with Gasteiger partial charge in [-0.2, -0.15) is 193 Å². The van der Waals surface area contributed by atoms with Crippen LogP contribution in [-0.4, -0.2) is 172 Å². The largest absolute Gasteiger partial charge is 0.478 e. The summed E-state index contributed by atoms with van der Waals surface area (Å²) in [5.41, 5.74) is -29.6. The van der Waals surface area contributed by atoms with Gasteiger partial charge in [0, 0.05) is 52.7 Å². The van der Waals surface area contributed by atoms with Crippen molar-refractivity contribution in [1.82, 2.24) is 0 Å². The van der Waals surface area contributed by atoms with E-state index in [4.69, 9.17) is 5.11 Å². The maximum absolute atomic E-state index is 16.1. The van der Waals surface area contributed by atoms with E-state index >= 15 is 52.7 Å². The molecule has 0 radical (unpaired) electrons. The van der Waals surface area contributed by atoms with E-state index in [0.717, 1.165) is 0 Å². The fourth-order valence-electron chi connectivity index (χ4n) is 7.05. The highest BCUT2D eigenvalue weighted by Gasteiger charge is 2.98. The average Bonchev–Trinajstić information content (AvgIpc) is 0.705. The van der Waals surface area contributed by atoms with Gasteiger partial charge in [0.25, 0.3) is 0 Å². The highest BCUT2D eigenvalue weighted by atomic mass is 19.5. The van der Waals surface area contributed by atoms with E-state index in [1.807, 2.05) is 0 Å². The molecular weight excluding hydrogens is 1470 g/mol. The maximum atomic E-state index is 16.1. The van der Waals surface area contributed by atoms with Gasteiger partial charge in [-0.15, -0.1) is 0 Å². The molecule has 3 unspecified atom stereocenters. The molecule has 2 N–H and O–H groups in total. The standard InChI is InChI=1S/C42H29F45O7/c1-10(88)7-16(22(43,44)26(50,51)30(58,59)29(56,57)25(49,39(76,77)78)40(79,80)81)14(5)20(91)94-12(3)9-18(24(47,48)28(54,55)31(60,61)33(64,65)34(66,67)36(70,71)38(74,75)42(85,86)87)15(6)21(92)93-11(2)8-17(13(4)19(89)90)23(45,46)27(52,53)32(62,63)35(68,69)37(72,73)41(82,83)84/h10-12,88H,7-9H2,1-6H3,(H,89,90). The van der Waals surface area contributed by atoms with Gasteiger partial charge >= 0.3 is 143 Å². The van der Waals surface area contributed by atoms with Crippen LogP contribution >= 0.6 is 0 Å². The molecule has 52 heteroatoms. The predicted molar refractivity (Wildman–Crippen MR) is 210 cm³/mol. The number of alkyl halides is 45. The second-order valence-electron chi connectivity index (χ2n) is 19.3. The van der Waals surface area contributed by atoms with Crippen molar-refractivity contribution in [2.45, 2.75) is 204 Å². The molecule has 0 spiro atoms. The van der Waals surface area contributed by atoms with Gasteiger partial charge in [0.1, 0.15) is 12.2 Å². The molecular formula is C42H29F45O7. The Hall–Kier alpha value is -5.56. The van der Waals surface area contributed by atoms with Crippen molar-refractivity contribution in [3.05, 3.63) is 33.4 Å². The lowest BCUT2D eigenvalue weighted by atomic mass is 9.82. The molecule has 0 fully saturated rings. The van der Waals surface area contributed by atoms with Crippen LogP contribution in [0.3, 0.4) is 0 Å². The van der Waals surface area contributed by atoms with Crippen molar-refractivity contribution >= 4 is 17.9 Å². The first-order valence-corrected chi connectivity index (χ1v) is 22.7. The number of carboxylic acid groups (broad SMARTS) is 1. The summed E-state index contributed by atoms with van der Waals surface area (Å²) >= 11 is 0. The monoisotopic (exact) mass is 1500 g/mol. The van der Waals surface area contributed by atoms with E-state index in [9.17, 15) is 164 Å². The van der Waals surface area contributed by atoms with E-state index in [-0.39, 0.29) is 6.92 Å². The third kappa shape index (κ3) is 13.2. The van der Waals surface area contributed by atoms with E-state index in [1.54, 1.807) is 0 Å². The minimum atomic E-state index is -9.65. The third-order valence-electron chi connectivity index (χ3n) is 12.6. The van der Waals surface area contributed by atoms with Gasteiger partial charge in [-0.25, -0.2) is 18.8 Å². The lowest BCUT2D eigenvalue weighted by molar-refractivity contribution is -0.460. The molecule has 94 heavy (non-hydrogen) atoms. The molecule has 0 bridgehead atoms. The smallest absolute Gasteiger partial charge is 0.460 e. The van der Waals surface area contributed by atoms with E-state index in [0.29, 0.717) is 0 Å². The van der Waals surface area contributed by atoms with Gasteiger partial charge in [-0.3, -0.25) is 0 Å². The Labute approximate surface area is 487 Å². The normalized spacial score (nSPS) is 17.6. The number of rotatable bonds is 28. The number of aliphatic hydroxyl groups is 1. The first-order chi connectivity index (χ1) is 40.3. The number of esters is 2. The summed E-state index contributed by atoms with van der Waals surface area (Å²) < 4.78 is 645. The Kier molecular flexibility index (Phi) is 23.6. The predicted octanol–water partition coefficient (Wildman–Crippen LogP) is 17.6. The van der Waals surface area contributed by atoms with Crippen LogP contribution in [0.25, 0.3) is 0 Å². The van der Waals surface area contributed by atoms with E-state index in [2.05, 4.69) is 9.47 Å². The summed E-state index contributed by atoms with van der Waals surface area (Å²) in [6.45, 7) is -3.45. The SMILES string of the molecule is CC(C(=O)O)=C(CC(C)OC(=O)C(C)=C(CC(C)OC(=O)C(C)=C(CC(C)O)C(F)(F)C(F)(F)C(F)(F)C(F)(F)C(F)(C(F)(F)F)C(F)(F)F)C(F)(F)C(F)(F)C(F)(F)C(F)(F)C(F)(F)C(F)(F)C(F)(F)C(F)(F)F)C(F)(F)C(F)(F)C(F)(F)C(F)(F)C(F)(F)C(F)(F)F. The van der Waals surface area contributed by atoms with Crippen molar-refractivity contribution in [1.29, 1.82) is 0 Å². The van der Waals surface area contributed by atoms with Gasteiger partial charge in [-0.1, -0.05) is 0 Å². The molecule has 3 atom stereocenters. The number of ether oxygens (including phenoxy) is 2. The van der Waals surface area contributed by atoms with Crippen molar-refractivity contribution < 1.29 is 232 Å². The van der Waals surface area contributed by atoms with Crippen LogP contribution in [0.5, 0.6) is 0 Å². The number of hydrogen-bond donors (Lipinski definition) is 2. The molecule has 0 aliphatic heterocycles. The van der Waals surface area contributed by atoms with Crippen molar-refractivity contribution in [3.63, 3.8) is 0 Å². The van der Waals surface area contributed by atoms with Gasteiger partial charge in [0.05, 0.1) is 6.10 Å². The van der Waals surface area contributed by atoms with Crippen LogP contribution in [0.4, 0.5) is 198 Å². The Morgan fingerprint density at radius 3 is 0.681 bits per heavy atom. The zero-order valence-corrected chi connectivity index (χ0v) is 44.8. The third-order valence-corrected chi connectivity index (χ3v) is 12.6. The summed E-state index contributed by atoms with van der Waals surface area (Å²) in [6, 6.07) is 0. The van der Waals surface area contributed by atoms with Crippen LogP contribution in [0, 0.1) is 0 Å². The molecule has 0 saturated carbocycles. The molecule has 0 amide bonds. The van der Waals surface area contributed by atoms with E-state index in [1.165, 1.54) is 0 Å². The molecule has 0 heterocycles. The maximum Gasteiger partial charge on any atom is 0.460 e. The second kappa shape index (κ2) is 25.1. The molecule has 0 aliphatic carbocycles. The minimum Gasteiger partial charge on any atom is -0.478 e. The number of carbonyl (C=O) groups is 3. The fraction of sp³-hybridized carbons (Fsp3) is 0.786. The first-order valence-electron chi connectivity index (χ1n) is 22.7. The second-order valence-corrected chi connectivity index (χ2v) is 19.3. The molecule has 0 saturated heterocycles. The zero-order chi connectivity index (χ0) is 77.0. The van der Waals surface area contributed by atoms with Crippen molar-refractivity contribution in [2.24, 2.45) is 0 Å². The summed E-state index contributed by atoms with van der Waals surface area (Å²) in [6.07, 6.45) is -54.0. The van der Waals surface area contributed by atoms with Crippen LogP contribution in [0.15, 0.2) is 33.4 Å². The average molecular weight is 1500 g/mol. The molecule has 0 aromatic carbocycles. The first kappa shape index (κ1) is 88.4. The molecule has 0 aromatic rings. The Balaban J connectivity index is 9.00. The number of aliphatic hydroxyl groups excluding tert-OH is 1. The number of carboxylic acids is 1. The van der Waals surface area contributed by atoms with Crippen LogP contribution in [0.2, 0.25) is 0 Å². The number of aliphatic carboxylic acids is 1. The number of carbonyl (C=O) groups excluding carboxylic acids is 2. The molecule has 0 aromatic heterocycles. The molecule has 7 nitrogen and oxygen atoms in total. The Morgan fingerprint density at radius 1 is 0.287 bits per heavy atom. The summed E-state index contributed by atoms with van der Waals surface area (Å²) in [5.74, 6) is -153. The molecule has 0 rings (SSSR count). The van der Waals surface area contributed by atoms with Gasteiger partial charge in [-0.05, 0) is 41.5 Å². The van der Waals surface area contributed by atoms with E-state index < -0.39 is 249 Å². The van der Waals surface area contributed by atoms with Crippen LogP contribution in [0.1, 0.15) is 60.8 Å². The van der Waals surface area contributed by atoms with Gasteiger partial charge in [0.2, 0.25) is 0 Å². The fourth-order valence-corrected chi connectivity index (χ4v) is 7.05. The zero-order valence-electron chi connectivity index (χ0n) is 44.8. The van der Waals surface area contributed by atoms with Crippen LogP contribution in [-0.2, 0) is 23.9 Å². The van der Waals surface area contributed by atoms with Gasteiger partial charge < -0.3 is 19.7 Å². The number of hydrogen-bond acceptors (Lipinski definition) is 6. The Bertz CT molecular complexity index is 2860. The summed E-state index contributed by atoms with van der Waals surface area (Å²) in [4.78, 5) is 37.6. The quantitative estimate of drug-likeness (QED) is 0.0456. The minimum absolute atomic E-state index is 0.0976. The highest BCUT2D eigenvalue weighted by molar-refractivity contribution is 5.90. The summed E-state index contributed by atoms with van der Waals surface area (Å²) in [5, 5.41) is 18.6. The van der Waals surface area contributed by atoms with Gasteiger partial charge in [0.15, 0.2) is 0 Å². The summed E-state index contributed by atoms with van der Waals surface area (Å²) in [7, 11) is 0. The van der Waals surface area contributed by atoms with Crippen molar-refractivity contribution in [2.75, 3.05) is 0 Å². The lowest BCUT2D eigenvalue weighted by Crippen LogP contribution is -2.75. The highest BCUT2D eigenvalue weighted by Crippen LogP contribution is 2.68. The molecule has 554 valence electrons. The van der Waals surface area contributed by atoms with Crippen molar-refractivity contribution in [3.8, 4) is 0 Å². The number of halogens is 45. The van der Waals surface area contributed by atoms with Crippen LogP contribution < -0.4 is 0 Å². The molecule has 0 aliphatic rings.